The largest absolute Gasteiger partial charge is 0.493 e. The Bertz CT molecular complexity index is 841. The van der Waals surface area contributed by atoms with Gasteiger partial charge in [0.05, 0.1) is 29.8 Å². The fourth-order valence-electron chi connectivity index (χ4n) is 2.67. The highest BCUT2D eigenvalue weighted by molar-refractivity contribution is 9.10. The van der Waals surface area contributed by atoms with Gasteiger partial charge in [-0.15, -0.1) is 0 Å². The lowest BCUT2D eigenvalue weighted by atomic mass is 10.1. The van der Waals surface area contributed by atoms with E-state index in [1.54, 1.807) is 24.1 Å². The first kappa shape index (κ1) is 22.7. The molecular weight excluding hydrogens is 438 g/mol. The maximum absolute atomic E-state index is 12.5. The molecule has 0 fully saturated rings. The van der Waals surface area contributed by atoms with Crippen molar-refractivity contribution in [3.8, 4) is 11.5 Å². The zero-order chi connectivity index (χ0) is 21.4. The van der Waals surface area contributed by atoms with Crippen molar-refractivity contribution in [3.63, 3.8) is 0 Å². The van der Waals surface area contributed by atoms with Crippen LogP contribution in [0.3, 0.4) is 0 Å². The standard InChI is InChI=1S/C22H26BrNO5/c1-5-11-28-21-18(23)12-17(13-19(21)27-4)22(26)29-14-20(25)24(3)15(2)16-9-7-6-8-10-16/h6-10,12-13,15H,5,11,14H2,1-4H3. The van der Waals surface area contributed by atoms with Crippen molar-refractivity contribution >= 4 is 27.8 Å². The third-order valence-electron chi connectivity index (χ3n) is 4.50. The van der Waals surface area contributed by atoms with Gasteiger partial charge in [0.2, 0.25) is 0 Å². The summed E-state index contributed by atoms with van der Waals surface area (Å²) in [6.45, 7) is 4.10. The molecule has 0 bridgehead atoms. The van der Waals surface area contributed by atoms with Crippen molar-refractivity contribution in [1.29, 1.82) is 0 Å². The predicted molar refractivity (Wildman–Crippen MR) is 114 cm³/mol. The fourth-order valence-corrected chi connectivity index (χ4v) is 3.22. The van der Waals surface area contributed by atoms with Gasteiger partial charge < -0.3 is 19.1 Å². The van der Waals surface area contributed by atoms with Crippen LogP contribution in [-0.4, -0.2) is 44.1 Å². The summed E-state index contributed by atoms with van der Waals surface area (Å²) in [7, 11) is 3.19. The van der Waals surface area contributed by atoms with Gasteiger partial charge >= 0.3 is 5.97 Å². The Morgan fingerprint density at radius 2 is 1.86 bits per heavy atom. The second kappa shape index (κ2) is 10.9. The number of methoxy groups -OCH3 is 1. The van der Waals surface area contributed by atoms with Crippen LogP contribution in [0.2, 0.25) is 0 Å². The Balaban J connectivity index is 2.02. The van der Waals surface area contributed by atoms with E-state index >= 15 is 0 Å². The number of hydrogen-bond donors (Lipinski definition) is 0. The lowest BCUT2D eigenvalue weighted by molar-refractivity contribution is -0.135. The molecule has 0 N–H and O–H groups in total. The zero-order valence-electron chi connectivity index (χ0n) is 17.1. The molecule has 1 unspecified atom stereocenters. The Morgan fingerprint density at radius 1 is 1.17 bits per heavy atom. The van der Waals surface area contributed by atoms with E-state index in [0.29, 0.717) is 22.6 Å². The molecule has 0 heterocycles. The Hall–Kier alpha value is -2.54. The van der Waals surface area contributed by atoms with E-state index in [9.17, 15) is 9.59 Å². The SMILES string of the molecule is CCCOc1c(Br)cc(C(=O)OCC(=O)N(C)C(C)c2ccccc2)cc1OC. The summed E-state index contributed by atoms with van der Waals surface area (Å²) in [5, 5.41) is 0. The van der Waals surface area contributed by atoms with Gasteiger partial charge in [0.1, 0.15) is 0 Å². The zero-order valence-corrected chi connectivity index (χ0v) is 18.7. The predicted octanol–water partition coefficient (Wildman–Crippen LogP) is 4.62. The average molecular weight is 464 g/mol. The van der Waals surface area contributed by atoms with Gasteiger partial charge in [-0.1, -0.05) is 37.3 Å². The molecule has 29 heavy (non-hydrogen) atoms. The van der Waals surface area contributed by atoms with Gasteiger partial charge in [-0.3, -0.25) is 4.79 Å². The molecule has 0 spiro atoms. The number of hydrogen-bond acceptors (Lipinski definition) is 5. The van der Waals surface area contributed by atoms with Crippen molar-refractivity contribution in [2.24, 2.45) is 0 Å². The second-order valence-electron chi connectivity index (χ2n) is 6.51. The van der Waals surface area contributed by atoms with Crippen LogP contribution in [0.5, 0.6) is 11.5 Å². The minimum absolute atomic E-state index is 0.133. The first-order valence-corrected chi connectivity index (χ1v) is 10.2. The molecule has 0 aliphatic carbocycles. The second-order valence-corrected chi connectivity index (χ2v) is 7.36. The number of nitrogens with zero attached hydrogens (tertiary/aromatic N) is 1. The normalized spacial score (nSPS) is 11.5. The molecule has 0 aliphatic rings. The van der Waals surface area contributed by atoms with Crippen LogP contribution in [0, 0.1) is 0 Å². The number of ether oxygens (including phenoxy) is 3. The Labute approximate surface area is 179 Å². The number of carbonyl (C=O) groups excluding carboxylic acids is 2. The third-order valence-corrected chi connectivity index (χ3v) is 5.09. The quantitative estimate of drug-likeness (QED) is 0.507. The monoisotopic (exact) mass is 463 g/mol. The van der Waals surface area contributed by atoms with Crippen LogP contribution in [-0.2, 0) is 9.53 Å². The van der Waals surface area contributed by atoms with Crippen LogP contribution < -0.4 is 9.47 Å². The highest BCUT2D eigenvalue weighted by Crippen LogP contribution is 2.37. The molecule has 2 rings (SSSR count). The number of esters is 1. The minimum Gasteiger partial charge on any atom is -0.493 e. The van der Waals surface area contributed by atoms with Gasteiger partial charge in [0.25, 0.3) is 5.91 Å². The summed E-state index contributed by atoms with van der Waals surface area (Å²) in [4.78, 5) is 26.5. The number of carbonyl (C=O) groups is 2. The van der Waals surface area contributed by atoms with Crippen molar-refractivity contribution in [3.05, 3.63) is 58.1 Å². The number of halogens is 1. The van der Waals surface area contributed by atoms with Crippen molar-refractivity contribution in [2.45, 2.75) is 26.3 Å². The number of rotatable bonds is 9. The highest BCUT2D eigenvalue weighted by atomic mass is 79.9. The van der Waals surface area contributed by atoms with Gasteiger partial charge in [0, 0.05) is 7.05 Å². The van der Waals surface area contributed by atoms with Crippen LogP contribution in [0.1, 0.15) is 42.2 Å². The smallest absolute Gasteiger partial charge is 0.338 e. The molecule has 6 nitrogen and oxygen atoms in total. The van der Waals surface area contributed by atoms with Gasteiger partial charge in [-0.05, 0) is 47.0 Å². The molecule has 1 atom stereocenters. The number of benzene rings is 2. The maximum Gasteiger partial charge on any atom is 0.338 e. The number of likely N-dealkylation sites (N-methyl/N-ethyl adjacent to an activating group) is 1. The highest BCUT2D eigenvalue weighted by Gasteiger charge is 2.21. The molecule has 2 aromatic carbocycles. The Morgan fingerprint density at radius 3 is 2.48 bits per heavy atom. The van der Waals surface area contributed by atoms with E-state index in [1.807, 2.05) is 44.2 Å². The van der Waals surface area contributed by atoms with E-state index in [-0.39, 0.29) is 24.1 Å². The van der Waals surface area contributed by atoms with Gasteiger partial charge in [-0.25, -0.2) is 4.79 Å². The number of amides is 1. The van der Waals surface area contributed by atoms with Gasteiger partial charge in [-0.2, -0.15) is 0 Å². The summed E-state index contributed by atoms with van der Waals surface area (Å²) < 4.78 is 16.8. The van der Waals surface area contributed by atoms with Crippen molar-refractivity contribution in [1.82, 2.24) is 4.90 Å². The van der Waals surface area contributed by atoms with Gasteiger partial charge in [0.15, 0.2) is 18.1 Å². The van der Waals surface area contributed by atoms with Crippen LogP contribution in [0.4, 0.5) is 0 Å². The van der Waals surface area contributed by atoms with Crippen LogP contribution in [0.25, 0.3) is 0 Å². The Kier molecular flexibility index (Phi) is 8.51. The van der Waals surface area contributed by atoms with Crippen LogP contribution in [0.15, 0.2) is 46.9 Å². The van der Waals surface area contributed by atoms with Crippen LogP contribution >= 0.6 is 15.9 Å². The molecule has 0 saturated carbocycles. The topological polar surface area (TPSA) is 65.1 Å². The average Bonchev–Trinajstić information content (AvgIpc) is 2.75. The van der Waals surface area contributed by atoms with Crippen molar-refractivity contribution in [2.75, 3.05) is 27.4 Å². The first-order valence-electron chi connectivity index (χ1n) is 9.37. The maximum atomic E-state index is 12.5. The molecule has 0 radical (unpaired) electrons. The molecule has 156 valence electrons. The summed E-state index contributed by atoms with van der Waals surface area (Å²) >= 11 is 3.40. The summed E-state index contributed by atoms with van der Waals surface area (Å²) in [6, 6.07) is 12.7. The minimum atomic E-state index is -0.611. The molecule has 0 aliphatic heterocycles. The summed E-state index contributed by atoms with van der Waals surface area (Å²) in [6.07, 6.45) is 0.844. The lowest BCUT2D eigenvalue weighted by Gasteiger charge is -2.25. The van der Waals surface area contributed by atoms with Crippen molar-refractivity contribution < 1.29 is 23.8 Å². The molecule has 7 heteroatoms. The molecule has 2 aromatic rings. The van der Waals surface area contributed by atoms with E-state index < -0.39 is 5.97 Å². The molecule has 0 aromatic heterocycles. The summed E-state index contributed by atoms with van der Waals surface area (Å²) in [5.74, 6) is 0.0445. The lowest BCUT2D eigenvalue weighted by Crippen LogP contribution is -2.33. The van der Waals surface area contributed by atoms with E-state index in [4.69, 9.17) is 14.2 Å². The molecule has 0 saturated heterocycles. The fraction of sp³-hybridized carbons (Fsp3) is 0.364. The van der Waals surface area contributed by atoms with E-state index in [0.717, 1.165) is 12.0 Å². The first-order chi connectivity index (χ1) is 13.9. The molecular formula is C22H26BrNO5. The summed E-state index contributed by atoms with van der Waals surface area (Å²) in [5.41, 5.74) is 1.27. The van der Waals surface area contributed by atoms with E-state index in [1.165, 1.54) is 7.11 Å². The van der Waals surface area contributed by atoms with E-state index in [2.05, 4.69) is 15.9 Å². The molecule has 1 amide bonds. The third kappa shape index (κ3) is 5.97.